The zero-order chi connectivity index (χ0) is 19.2. The van der Waals surface area contributed by atoms with Crippen molar-refractivity contribution in [1.29, 1.82) is 0 Å². The van der Waals surface area contributed by atoms with Crippen molar-refractivity contribution >= 4 is 0 Å². The van der Waals surface area contributed by atoms with Gasteiger partial charge in [-0.3, -0.25) is 0 Å². The lowest BCUT2D eigenvalue weighted by atomic mass is 9.77. The molecule has 0 radical (unpaired) electrons. The second-order valence-electron chi connectivity index (χ2n) is 8.28. The lowest BCUT2D eigenvalue weighted by molar-refractivity contribution is 0.0273. The van der Waals surface area contributed by atoms with Crippen molar-refractivity contribution in [3.8, 4) is 0 Å². The fourth-order valence-electron chi connectivity index (χ4n) is 5.11. The highest BCUT2D eigenvalue weighted by molar-refractivity contribution is 5.18. The van der Waals surface area contributed by atoms with Crippen molar-refractivity contribution in [1.82, 2.24) is 10.2 Å². The van der Waals surface area contributed by atoms with Gasteiger partial charge < -0.3 is 20.1 Å². The number of fused-ring (bicyclic) bond motifs is 1. The maximum atomic E-state index is 12.8. The molecule has 0 spiro atoms. The van der Waals surface area contributed by atoms with Crippen LogP contribution in [0, 0.1) is 5.92 Å². The highest BCUT2D eigenvalue weighted by atomic mass is 19.1. The van der Waals surface area contributed by atoms with E-state index in [4.69, 9.17) is 9.84 Å². The number of allylic oxidation sites excluding steroid dienone is 1. The van der Waals surface area contributed by atoms with Crippen LogP contribution in [-0.4, -0.2) is 60.6 Å². The fraction of sp³-hybridized carbons (Fsp3) is 0.818. The Kier molecular flexibility index (Phi) is 7.74. The molecule has 1 heterocycles. The van der Waals surface area contributed by atoms with Crippen LogP contribution in [0.4, 0.5) is 4.39 Å². The van der Waals surface area contributed by atoms with Gasteiger partial charge in [-0.25, -0.2) is 4.39 Å². The van der Waals surface area contributed by atoms with Gasteiger partial charge in [-0.1, -0.05) is 25.5 Å². The average molecular weight is 381 g/mol. The Bertz CT molecular complexity index is 528. The van der Waals surface area contributed by atoms with E-state index in [0.717, 1.165) is 31.7 Å². The first-order valence-electron chi connectivity index (χ1n) is 10.9. The summed E-state index contributed by atoms with van der Waals surface area (Å²) < 4.78 is 18.4. The minimum absolute atomic E-state index is 0.259. The number of nitrogens with one attached hydrogen (secondary N) is 1. The molecule has 1 saturated heterocycles. The molecule has 1 fully saturated rings. The van der Waals surface area contributed by atoms with Gasteiger partial charge in [0, 0.05) is 24.5 Å². The van der Waals surface area contributed by atoms with Crippen LogP contribution in [0.5, 0.6) is 0 Å². The highest BCUT2D eigenvalue weighted by Crippen LogP contribution is 2.36. The molecule has 5 atom stereocenters. The minimum Gasteiger partial charge on any atom is -0.490 e. The molecule has 2 aliphatic carbocycles. The molecule has 0 aromatic rings. The normalized spacial score (nSPS) is 32.5. The summed E-state index contributed by atoms with van der Waals surface area (Å²) in [6, 6.07) is 1.73. The van der Waals surface area contributed by atoms with Crippen LogP contribution in [0.3, 0.4) is 0 Å². The summed E-state index contributed by atoms with van der Waals surface area (Å²) >= 11 is 0. The SMILES string of the molecule is CCN(CC)[C@H]1CC=C(C2CC[C@@H]3CC(OC(CO)CF)=CC[C@@H]3N2)CC1. The molecule has 0 aromatic carbocycles. The number of halogens is 1. The number of alkyl halides is 1. The van der Waals surface area contributed by atoms with Gasteiger partial charge in [0.15, 0.2) is 0 Å². The topological polar surface area (TPSA) is 44.7 Å². The van der Waals surface area contributed by atoms with Gasteiger partial charge in [0.2, 0.25) is 0 Å². The third-order valence-corrected chi connectivity index (χ3v) is 6.76. The number of ether oxygens (including phenoxy) is 1. The van der Waals surface area contributed by atoms with Crippen LogP contribution >= 0.6 is 0 Å². The van der Waals surface area contributed by atoms with Crippen LogP contribution in [0.15, 0.2) is 23.5 Å². The summed E-state index contributed by atoms with van der Waals surface area (Å²) in [5.41, 5.74) is 1.61. The predicted octanol–water partition coefficient (Wildman–Crippen LogP) is 3.57. The lowest BCUT2D eigenvalue weighted by Crippen LogP contribution is -2.50. The smallest absolute Gasteiger partial charge is 0.149 e. The van der Waals surface area contributed by atoms with Gasteiger partial charge in [0.1, 0.15) is 12.8 Å². The first-order valence-corrected chi connectivity index (χ1v) is 10.9. The Morgan fingerprint density at radius 2 is 2.04 bits per heavy atom. The van der Waals surface area contributed by atoms with Gasteiger partial charge in [-0.05, 0) is 63.6 Å². The number of aliphatic hydroxyl groups is 1. The van der Waals surface area contributed by atoms with E-state index >= 15 is 0 Å². The summed E-state index contributed by atoms with van der Waals surface area (Å²) in [5.74, 6) is 1.43. The van der Waals surface area contributed by atoms with Crippen LogP contribution in [0.25, 0.3) is 0 Å². The lowest BCUT2D eigenvalue weighted by Gasteiger charge is -2.42. The van der Waals surface area contributed by atoms with E-state index in [1.54, 1.807) is 5.57 Å². The van der Waals surface area contributed by atoms with E-state index in [9.17, 15) is 4.39 Å². The summed E-state index contributed by atoms with van der Waals surface area (Å²) in [6.07, 6.45) is 11.8. The van der Waals surface area contributed by atoms with Crippen LogP contribution in [0.2, 0.25) is 0 Å². The van der Waals surface area contributed by atoms with Crippen LogP contribution in [-0.2, 0) is 4.74 Å². The molecular formula is C22H37FN2O2. The first kappa shape index (κ1) is 20.8. The highest BCUT2D eigenvalue weighted by Gasteiger charge is 2.35. The molecule has 3 rings (SSSR count). The quantitative estimate of drug-likeness (QED) is 0.632. The number of nitrogens with zero attached hydrogens (tertiary/aromatic N) is 1. The summed E-state index contributed by atoms with van der Waals surface area (Å²) in [5, 5.41) is 13.0. The van der Waals surface area contributed by atoms with Gasteiger partial charge in [-0.2, -0.15) is 0 Å². The van der Waals surface area contributed by atoms with Crippen molar-refractivity contribution < 1.29 is 14.2 Å². The van der Waals surface area contributed by atoms with E-state index in [-0.39, 0.29) is 6.61 Å². The van der Waals surface area contributed by atoms with Gasteiger partial charge in [0.25, 0.3) is 0 Å². The summed E-state index contributed by atoms with van der Waals surface area (Å²) in [7, 11) is 0. The molecule has 0 amide bonds. The predicted molar refractivity (Wildman–Crippen MR) is 107 cm³/mol. The van der Waals surface area contributed by atoms with Crippen LogP contribution in [0.1, 0.15) is 58.8 Å². The first-order chi connectivity index (χ1) is 13.2. The van der Waals surface area contributed by atoms with E-state index in [2.05, 4.69) is 36.2 Å². The Hall–Kier alpha value is -0.910. The molecule has 27 heavy (non-hydrogen) atoms. The summed E-state index contributed by atoms with van der Waals surface area (Å²) in [4.78, 5) is 2.59. The zero-order valence-electron chi connectivity index (χ0n) is 17.0. The van der Waals surface area contributed by atoms with Gasteiger partial charge in [0.05, 0.1) is 12.4 Å². The van der Waals surface area contributed by atoms with Crippen molar-refractivity contribution in [2.24, 2.45) is 5.92 Å². The molecule has 4 nitrogen and oxygen atoms in total. The molecule has 1 aliphatic heterocycles. The number of hydrogen-bond donors (Lipinski definition) is 2. The number of hydrogen-bond acceptors (Lipinski definition) is 4. The Morgan fingerprint density at radius 1 is 1.22 bits per heavy atom. The van der Waals surface area contributed by atoms with E-state index < -0.39 is 12.8 Å². The Labute approximate surface area is 163 Å². The van der Waals surface area contributed by atoms with Crippen molar-refractivity contribution in [2.45, 2.75) is 83.0 Å². The standard InChI is InChI=1S/C22H37FN2O2/c1-3-25(4-2)18-8-5-16(6-9-18)21-11-7-17-13-19(10-12-22(17)24-21)27-20(14-23)15-26/h5,10,17-18,20-22,24,26H,3-4,6-9,11-15H2,1-2H3/t17-,18+,20?,21?,22+/m1/s1. The van der Waals surface area contributed by atoms with E-state index in [1.165, 1.54) is 32.1 Å². The van der Waals surface area contributed by atoms with Crippen molar-refractivity contribution in [2.75, 3.05) is 26.4 Å². The Morgan fingerprint density at radius 3 is 2.67 bits per heavy atom. The number of piperidine rings is 1. The molecule has 0 aromatic heterocycles. The van der Waals surface area contributed by atoms with Gasteiger partial charge in [-0.15, -0.1) is 0 Å². The third kappa shape index (κ3) is 5.12. The van der Waals surface area contributed by atoms with E-state index in [0.29, 0.717) is 24.0 Å². The minimum atomic E-state index is -0.705. The van der Waals surface area contributed by atoms with Crippen LogP contribution < -0.4 is 5.32 Å². The van der Waals surface area contributed by atoms with Crippen molar-refractivity contribution in [3.05, 3.63) is 23.5 Å². The number of aliphatic hydroxyl groups excluding tert-OH is 1. The molecule has 0 bridgehead atoms. The molecule has 3 aliphatic rings. The second-order valence-corrected chi connectivity index (χ2v) is 8.28. The molecular weight excluding hydrogens is 343 g/mol. The maximum absolute atomic E-state index is 12.8. The molecule has 5 heteroatoms. The molecule has 0 saturated carbocycles. The van der Waals surface area contributed by atoms with Gasteiger partial charge >= 0.3 is 0 Å². The number of rotatable bonds is 8. The Balaban J connectivity index is 1.53. The van der Waals surface area contributed by atoms with Crippen molar-refractivity contribution in [3.63, 3.8) is 0 Å². The average Bonchev–Trinajstić information content (AvgIpc) is 2.73. The molecule has 2 N–H and O–H groups in total. The monoisotopic (exact) mass is 380 g/mol. The summed E-state index contributed by atoms with van der Waals surface area (Å²) in [6.45, 7) is 5.92. The molecule has 2 unspecified atom stereocenters. The second kappa shape index (κ2) is 10.0. The third-order valence-electron chi connectivity index (χ3n) is 6.76. The van der Waals surface area contributed by atoms with E-state index in [1.807, 2.05) is 0 Å². The molecule has 154 valence electrons. The zero-order valence-corrected chi connectivity index (χ0v) is 17.0. The maximum Gasteiger partial charge on any atom is 0.149 e. The fourth-order valence-corrected chi connectivity index (χ4v) is 5.11. The largest absolute Gasteiger partial charge is 0.490 e.